The van der Waals surface area contributed by atoms with E-state index in [0.29, 0.717) is 18.8 Å². The normalized spacial score (nSPS) is 10.1. The van der Waals surface area contributed by atoms with Crippen LogP contribution >= 0.6 is 0 Å². The van der Waals surface area contributed by atoms with Crippen LogP contribution in [0.1, 0.15) is 26.7 Å². The average molecular weight is 280 g/mol. The SMILES string of the molecule is CCCCN(CC)C(=O)COc1cccc([N+](=O)[O-])c1. The minimum Gasteiger partial charge on any atom is -0.484 e. The lowest BCUT2D eigenvalue weighted by atomic mass is 10.3. The Morgan fingerprint density at radius 3 is 2.75 bits per heavy atom. The maximum Gasteiger partial charge on any atom is 0.273 e. The predicted octanol–water partition coefficient (Wildman–Crippen LogP) is 2.62. The maximum absolute atomic E-state index is 11.9. The molecule has 6 nitrogen and oxygen atoms in total. The number of nitro groups is 1. The lowest BCUT2D eigenvalue weighted by Gasteiger charge is -2.20. The topological polar surface area (TPSA) is 72.7 Å². The van der Waals surface area contributed by atoms with E-state index < -0.39 is 4.92 Å². The summed E-state index contributed by atoms with van der Waals surface area (Å²) >= 11 is 0. The summed E-state index contributed by atoms with van der Waals surface area (Å²) in [6.07, 6.45) is 1.98. The number of likely N-dealkylation sites (N-methyl/N-ethyl adjacent to an activating group) is 1. The van der Waals surface area contributed by atoms with Gasteiger partial charge < -0.3 is 9.64 Å². The number of nitrogens with zero attached hydrogens (tertiary/aromatic N) is 2. The van der Waals surface area contributed by atoms with E-state index in [2.05, 4.69) is 6.92 Å². The van der Waals surface area contributed by atoms with Gasteiger partial charge in [0, 0.05) is 19.2 Å². The summed E-state index contributed by atoms with van der Waals surface area (Å²) in [7, 11) is 0. The van der Waals surface area contributed by atoms with Crippen LogP contribution in [0.25, 0.3) is 0 Å². The Bertz CT molecular complexity index is 462. The van der Waals surface area contributed by atoms with Crippen molar-refractivity contribution < 1.29 is 14.5 Å². The summed E-state index contributed by atoms with van der Waals surface area (Å²) in [5.74, 6) is 0.228. The fourth-order valence-electron chi connectivity index (χ4n) is 1.73. The van der Waals surface area contributed by atoms with Gasteiger partial charge >= 0.3 is 0 Å². The third-order valence-electron chi connectivity index (χ3n) is 2.91. The monoisotopic (exact) mass is 280 g/mol. The van der Waals surface area contributed by atoms with E-state index in [1.807, 2.05) is 6.92 Å². The van der Waals surface area contributed by atoms with Crippen molar-refractivity contribution in [1.29, 1.82) is 0 Å². The van der Waals surface area contributed by atoms with Crippen LogP contribution in [0.3, 0.4) is 0 Å². The molecule has 0 saturated heterocycles. The molecule has 0 aromatic heterocycles. The number of rotatable bonds is 8. The molecule has 1 aromatic rings. The molecule has 1 rings (SSSR count). The number of amides is 1. The van der Waals surface area contributed by atoms with Gasteiger partial charge in [-0.25, -0.2) is 0 Å². The van der Waals surface area contributed by atoms with Gasteiger partial charge in [0.05, 0.1) is 11.0 Å². The number of hydrogen-bond donors (Lipinski definition) is 0. The fourth-order valence-corrected chi connectivity index (χ4v) is 1.73. The fraction of sp³-hybridized carbons (Fsp3) is 0.500. The van der Waals surface area contributed by atoms with Gasteiger partial charge in [-0.05, 0) is 19.4 Å². The zero-order valence-corrected chi connectivity index (χ0v) is 11.9. The number of nitro benzene ring substituents is 1. The van der Waals surface area contributed by atoms with E-state index in [0.717, 1.165) is 12.8 Å². The predicted molar refractivity (Wildman–Crippen MR) is 75.8 cm³/mol. The van der Waals surface area contributed by atoms with Gasteiger partial charge in [-0.15, -0.1) is 0 Å². The molecule has 1 amide bonds. The minimum absolute atomic E-state index is 0.0479. The Balaban J connectivity index is 2.55. The van der Waals surface area contributed by atoms with Crippen molar-refractivity contribution in [2.24, 2.45) is 0 Å². The van der Waals surface area contributed by atoms with E-state index >= 15 is 0 Å². The van der Waals surface area contributed by atoms with Crippen molar-refractivity contribution in [2.75, 3.05) is 19.7 Å². The summed E-state index contributed by atoms with van der Waals surface area (Å²) in [4.78, 5) is 23.8. The van der Waals surface area contributed by atoms with Crippen molar-refractivity contribution in [3.63, 3.8) is 0 Å². The summed E-state index contributed by atoms with van der Waals surface area (Å²) in [6, 6.07) is 5.83. The number of non-ortho nitro benzene ring substituents is 1. The summed E-state index contributed by atoms with van der Waals surface area (Å²) in [6.45, 7) is 5.23. The molecule has 0 heterocycles. The molecule has 1 aromatic carbocycles. The van der Waals surface area contributed by atoms with Gasteiger partial charge in [0.15, 0.2) is 6.61 Å². The van der Waals surface area contributed by atoms with Crippen LogP contribution < -0.4 is 4.74 Å². The number of benzene rings is 1. The molecule has 0 saturated carbocycles. The Hall–Kier alpha value is -2.11. The number of hydrogen-bond acceptors (Lipinski definition) is 4. The zero-order valence-electron chi connectivity index (χ0n) is 11.9. The van der Waals surface area contributed by atoms with Crippen molar-refractivity contribution in [3.05, 3.63) is 34.4 Å². The molecule has 0 aliphatic heterocycles. The Kier molecular flexibility index (Phi) is 6.49. The molecule has 0 aliphatic carbocycles. The highest BCUT2D eigenvalue weighted by Gasteiger charge is 2.12. The molecule has 0 bridgehead atoms. The molecular weight excluding hydrogens is 260 g/mol. The smallest absolute Gasteiger partial charge is 0.273 e. The second-order valence-corrected chi connectivity index (χ2v) is 4.37. The summed E-state index contributed by atoms with van der Waals surface area (Å²) in [5.41, 5.74) is -0.0479. The molecule has 0 aliphatic rings. The number of ether oxygens (including phenoxy) is 1. The molecule has 6 heteroatoms. The van der Waals surface area contributed by atoms with Gasteiger partial charge in [-0.1, -0.05) is 19.4 Å². The van der Waals surface area contributed by atoms with Crippen LogP contribution in [-0.2, 0) is 4.79 Å². The molecule has 0 unspecified atom stereocenters. The molecular formula is C14H20N2O4. The van der Waals surface area contributed by atoms with Gasteiger partial charge in [0.1, 0.15) is 5.75 Å². The van der Waals surface area contributed by atoms with Crippen molar-refractivity contribution in [3.8, 4) is 5.75 Å². The van der Waals surface area contributed by atoms with Crippen LogP contribution in [0.2, 0.25) is 0 Å². The molecule has 110 valence electrons. The largest absolute Gasteiger partial charge is 0.484 e. The van der Waals surface area contributed by atoms with E-state index in [1.54, 1.807) is 11.0 Å². The Morgan fingerprint density at radius 1 is 1.40 bits per heavy atom. The quantitative estimate of drug-likeness (QED) is 0.542. The summed E-state index contributed by atoms with van der Waals surface area (Å²) in [5, 5.41) is 10.6. The van der Waals surface area contributed by atoms with Crippen molar-refractivity contribution in [2.45, 2.75) is 26.7 Å². The molecule has 20 heavy (non-hydrogen) atoms. The standard InChI is InChI=1S/C14H20N2O4/c1-3-5-9-15(4-2)14(17)11-20-13-8-6-7-12(10-13)16(18)19/h6-8,10H,3-5,9,11H2,1-2H3. The first kappa shape index (κ1) is 15.9. The number of carbonyl (C=O) groups excluding carboxylic acids is 1. The lowest BCUT2D eigenvalue weighted by Crippen LogP contribution is -2.35. The van der Waals surface area contributed by atoms with E-state index in [1.165, 1.54) is 18.2 Å². The zero-order chi connectivity index (χ0) is 15.0. The first-order valence-corrected chi connectivity index (χ1v) is 6.73. The first-order valence-electron chi connectivity index (χ1n) is 6.73. The molecule has 0 atom stereocenters. The molecule has 0 N–H and O–H groups in total. The molecule has 0 spiro atoms. The highest BCUT2D eigenvalue weighted by molar-refractivity contribution is 5.77. The van der Waals surface area contributed by atoms with Crippen LogP contribution in [0.15, 0.2) is 24.3 Å². The van der Waals surface area contributed by atoms with E-state index in [-0.39, 0.29) is 18.2 Å². The Labute approximate surface area is 118 Å². The van der Waals surface area contributed by atoms with Gasteiger partial charge in [-0.3, -0.25) is 14.9 Å². The van der Waals surface area contributed by atoms with Crippen LogP contribution in [0.5, 0.6) is 5.75 Å². The van der Waals surface area contributed by atoms with Crippen molar-refractivity contribution in [1.82, 2.24) is 4.90 Å². The van der Waals surface area contributed by atoms with Gasteiger partial charge in [0.25, 0.3) is 11.6 Å². The molecule has 0 fully saturated rings. The minimum atomic E-state index is -0.492. The van der Waals surface area contributed by atoms with Crippen LogP contribution in [0.4, 0.5) is 5.69 Å². The van der Waals surface area contributed by atoms with E-state index in [4.69, 9.17) is 4.74 Å². The third kappa shape index (κ3) is 4.87. The lowest BCUT2D eigenvalue weighted by molar-refractivity contribution is -0.384. The third-order valence-corrected chi connectivity index (χ3v) is 2.91. The summed E-state index contributed by atoms with van der Waals surface area (Å²) < 4.78 is 5.33. The average Bonchev–Trinajstić information content (AvgIpc) is 2.46. The van der Waals surface area contributed by atoms with Crippen molar-refractivity contribution >= 4 is 11.6 Å². The van der Waals surface area contributed by atoms with E-state index in [9.17, 15) is 14.9 Å². The highest BCUT2D eigenvalue weighted by Crippen LogP contribution is 2.19. The number of unbranched alkanes of at least 4 members (excludes halogenated alkanes) is 1. The van der Waals surface area contributed by atoms with Crippen LogP contribution in [0, 0.1) is 10.1 Å². The van der Waals surface area contributed by atoms with Crippen LogP contribution in [-0.4, -0.2) is 35.4 Å². The van der Waals surface area contributed by atoms with Gasteiger partial charge in [-0.2, -0.15) is 0 Å². The highest BCUT2D eigenvalue weighted by atomic mass is 16.6. The van der Waals surface area contributed by atoms with Gasteiger partial charge in [0.2, 0.25) is 0 Å². The maximum atomic E-state index is 11.9. The number of carbonyl (C=O) groups is 1. The second-order valence-electron chi connectivity index (χ2n) is 4.37. The second kappa shape index (κ2) is 8.14. The first-order chi connectivity index (χ1) is 9.58. The molecule has 0 radical (unpaired) electrons. The Morgan fingerprint density at radius 2 is 2.15 bits per heavy atom.